The molecule has 1 amide bonds. The Bertz CT molecular complexity index is 891. The van der Waals surface area contributed by atoms with Crippen LogP contribution in [0.25, 0.3) is 5.76 Å². The molecule has 2 aromatic carbocycles. The summed E-state index contributed by atoms with van der Waals surface area (Å²) >= 11 is 0. The molecule has 1 saturated heterocycles. The van der Waals surface area contributed by atoms with Crippen LogP contribution in [0.5, 0.6) is 5.75 Å². The van der Waals surface area contributed by atoms with E-state index < -0.39 is 17.7 Å². The van der Waals surface area contributed by atoms with E-state index >= 15 is 0 Å². The fraction of sp³-hybridized carbons (Fsp3) is 0.273. The number of carbonyl (C=O) groups is 2. The number of ketones is 1. The van der Waals surface area contributed by atoms with Crippen molar-refractivity contribution in [2.45, 2.75) is 12.5 Å². The van der Waals surface area contributed by atoms with E-state index in [1.54, 1.807) is 56.7 Å². The van der Waals surface area contributed by atoms with Crippen LogP contribution < -0.4 is 4.74 Å². The molecule has 2 aromatic rings. The second-order valence-electron chi connectivity index (χ2n) is 6.48. The lowest BCUT2D eigenvalue weighted by Gasteiger charge is -2.25. The fourth-order valence-corrected chi connectivity index (χ4v) is 3.40. The van der Waals surface area contributed by atoms with Gasteiger partial charge in [-0.3, -0.25) is 9.59 Å². The first-order valence-electron chi connectivity index (χ1n) is 9.05. The van der Waals surface area contributed by atoms with Crippen molar-refractivity contribution in [1.29, 1.82) is 0 Å². The number of amides is 1. The van der Waals surface area contributed by atoms with E-state index in [-0.39, 0.29) is 11.3 Å². The van der Waals surface area contributed by atoms with Crippen molar-refractivity contribution in [1.82, 2.24) is 4.90 Å². The minimum atomic E-state index is -0.688. The van der Waals surface area contributed by atoms with Gasteiger partial charge in [-0.1, -0.05) is 42.5 Å². The Morgan fingerprint density at radius 1 is 1.07 bits per heavy atom. The molecule has 28 heavy (non-hydrogen) atoms. The van der Waals surface area contributed by atoms with Gasteiger partial charge >= 0.3 is 0 Å². The molecule has 6 nitrogen and oxygen atoms in total. The van der Waals surface area contributed by atoms with Gasteiger partial charge in [-0.25, -0.2) is 0 Å². The monoisotopic (exact) mass is 381 g/mol. The molecule has 0 bridgehead atoms. The number of nitrogens with zero attached hydrogens (tertiary/aromatic N) is 1. The maximum absolute atomic E-state index is 12.8. The van der Waals surface area contributed by atoms with Crippen molar-refractivity contribution in [2.75, 3.05) is 27.4 Å². The first-order chi connectivity index (χ1) is 13.6. The van der Waals surface area contributed by atoms with Crippen molar-refractivity contribution >= 4 is 17.4 Å². The summed E-state index contributed by atoms with van der Waals surface area (Å²) in [5.41, 5.74) is 1.28. The normalized spacial score (nSPS) is 18.5. The minimum Gasteiger partial charge on any atom is -0.507 e. The van der Waals surface area contributed by atoms with E-state index in [0.29, 0.717) is 36.4 Å². The Morgan fingerprint density at radius 3 is 2.50 bits per heavy atom. The van der Waals surface area contributed by atoms with Gasteiger partial charge in [-0.05, 0) is 24.1 Å². The second kappa shape index (κ2) is 8.71. The Morgan fingerprint density at radius 2 is 1.82 bits per heavy atom. The number of benzene rings is 2. The van der Waals surface area contributed by atoms with Gasteiger partial charge in [0, 0.05) is 25.8 Å². The van der Waals surface area contributed by atoms with Crippen LogP contribution >= 0.6 is 0 Å². The van der Waals surface area contributed by atoms with Gasteiger partial charge in [-0.15, -0.1) is 0 Å². The number of hydrogen-bond donors (Lipinski definition) is 1. The molecular weight excluding hydrogens is 358 g/mol. The van der Waals surface area contributed by atoms with Crippen molar-refractivity contribution in [3.8, 4) is 5.75 Å². The SMILES string of the molecule is COCCCN1C(=O)C(=O)C(=C(O)c2ccccc2)C1c1cccc(OC)c1. The highest BCUT2D eigenvalue weighted by molar-refractivity contribution is 6.46. The van der Waals surface area contributed by atoms with E-state index in [0.717, 1.165) is 0 Å². The van der Waals surface area contributed by atoms with Gasteiger partial charge in [0.1, 0.15) is 11.5 Å². The highest BCUT2D eigenvalue weighted by Gasteiger charge is 2.45. The van der Waals surface area contributed by atoms with Crippen molar-refractivity contribution in [2.24, 2.45) is 0 Å². The van der Waals surface area contributed by atoms with Gasteiger partial charge in [0.25, 0.3) is 11.7 Å². The summed E-state index contributed by atoms with van der Waals surface area (Å²) in [4.78, 5) is 27.1. The molecule has 0 radical (unpaired) electrons. The van der Waals surface area contributed by atoms with Crippen LogP contribution in [0, 0.1) is 0 Å². The predicted octanol–water partition coefficient (Wildman–Crippen LogP) is 3.15. The summed E-state index contributed by atoms with van der Waals surface area (Å²) in [6.07, 6.45) is 0.579. The van der Waals surface area contributed by atoms with Crippen LogP contribution in [0.2, 0.25) is 0 Å². The third-order valence-electron chi connectivity index (χ3n) is 4.74. The summed E-state index contributed by atoms with van der Waals surface area (Å²) in [5, 5.41) is 10.9. The lowest BCUT2D eigenvalue weighted by atomic mass is 9.95. The summed E-state index contributed by atoms with van der Waals surface area (Å²) in [7, 11) is 3.14. The zero-order valence-corrected chi connectivity index (χ0v) is 15.9. The van der Waals surface area contributed by atoms with Crippen molar-refractivity contribution in [3.05, 3.63) is 71.3 Å². The standard InChI is InChI=1S/C22H23NO5/c1-27-13-7-12-23-19(16-10-6-11-17(14-16)28-2)18(21(25)22(23)26)20(24)15-8-4-3-5-9-15/h3-6,8-11,14,19,24H,7,12-13H2,1-2H3. The van der Waals surface area contributed by atoms with Gasteiger partial charge < -0.3 is 19.5 Å². The number of carbonyl (C=O) groups excluding carboxylic acids is 2. The summed E-state index contributed by atoms with van der Waals surface area (Å²) in [6.45, 7) is 0.804. The topological polar surface area (TPSA) is 76.1 Å². The minimum absolute atomic E-state index is 0.0851. The summed E-state index contributed by atoms with van der Waals surface area (Å²) in [6, 6.07) is 15.3. The Kier molecular flexibility index (Phi) is 6.11. The molecule has 1 atom stereocenters. The van der Waals surface area contributed by atoms with E-state index in [1.807, 2.05) is 12.1 Å². The van der Waals surface area contributed by atoms with E-state index in [4.69, 9.17) is 9.47 Å². The maximum atomic E-state index is 12.8. The quantitative estimate of drug-likeness (QED) is 0.345. The maximum Gasteiger partial charge on any atom is 0.295 e. The lowest BCUT2D eigenvalue weighted by molar-refractivity contribution is -0.140. The Hall–Kier alpha value is -3.12. The zero-order chi connectivity index (χ0) is 20.1. The average molecular weight is 381 g/mol. The Balaban J connectivity index is 2.12. The number of hydrogen-bond acceptors (Lipinski definition) is 5. The number of Topliss-reactive ketones (excluding diaryl/α,β-unsaturated/α-hetero) is 1. The average Bonchev–Trinajstić information content (AvgIpc) is 2.99. The van der Waals surface area contributed by atoms with Crippen LogP contribution in [0.4, 0.5) is 0 Å². The van der Waals surface area contributed by atoms with E-state index in [9.17, 15) is 14.7 Å². The third kappa shape index (κ3) is 3.77. The fourth-order valence-electron chi connectivity index (χ4n) is 3.40. The Labute approximate surface area is 164 Å². The van der Waals surface area contributed by atoms with Gasteiger partial charge in [0.2, 0.25) is 0 Å². The molecule has 0 spiro atoms. The number of aliphatic hydroxyl groups is 1. The number of aliphatic hydroxyl groups excluding tert-OH is 1. The predicted molar refractivity (Wildman–Crippen MR) is 105 cm³/mol. The number of methoxy groups -OCH3 is 2. The molecule has 0 aromatic heterocycles. The largest absolute Gasteiger partial charge is 0.507 e. The lowest BCUT2D eigenvalue weighted by Crippen LogP contribution is -2.31. The highest BCUT2D eigenvalue weighted by atomic mass is 16.5. The summed E-state index contributed by atoms with van der Waals surface area (Å²) in [5.74, 6) is -0.881. The van der Waals surface area contributed by atoms with Gasteiger partial charge in [-0.2, -0.15) is 0 Å². The van der Waals surface area contributed by atoms with E-state index in [2.05, 4.69) is 0 Å². The zero-order valence-electron chi connectivity index (χ0n) is 15.9. The van der Waals surface area contributed by atoms with Crippen LogP contribution in [0.15, 0.2) is 60.2 Å². The van der Waals surface area contributed by atoms with Gasteiger partial charge in [0.15, 0.2) is 0 Å². The van der Waals surface area contributed by atoms with Crippen LogP contribution in [-0.2, 0) is 14.3 Å². The van der Waals surface area contributed by atoms with Crippen molar-refractivity contribution < 1.29 is 24.2 Å². The molecule has 6 heteroatoms. The first kappa shape index (κ1) is 19.6. The van der Waals surface area contributed by atoms with Crippen molar-refractivity contribution in [3.63, 3.8) is 0 Å². The molecule has 1 unspecified atom stereocenters. The van der Waals surface area contributed by atoms with Crippen LogP contribution in [-0.4, -0.2) is 49.1 Å². The van der Waals surface area contributed by atoms with Crippen LogP contribution in [0.3, 0.4) is 0 Å². The number of likely N-dealkylation sites (tertiary alicyclic amines) is 1. The number of rotatable bonds is 7. The molecule has 1 aliphatic heterocycles. The molecule has 1 fully saturated rings. The molecular formula is C22H23NO5. The second-order valence-corrected chi connectivity index (χ2v) is 6.48. The molecule has 1 N–H and O–H groups in total. The molecule has 146 valence electrons. The van der Waals surface area contributed by atoms with Crippen LogP contribution in [0.1, 0.15) is 23.6 Å². The molecule has 0 saturated carbocycles. The third-order valence-corrected chi connectivity index (χ3v) is 4.74. The smallest absolute Gasteiger partial charge is 0.295 e. The molecule has 0 aliphatic carbocycles. The molecule has 1 aliphatic rings. The number of ether oxygens (including phenoxy) is 2. The first-order valence-corrected chi connectivity index (χ1v) is 9.05. The van der Waals surface area contributed by atoms with Gasteiger partial charge in [0.05, 0.1) is 18.7 Å². The molecule has 3 rings (SSSR count). The summed E-state index contributed by atoms with van der Waals surface area (Å²) < 4.78 is 10.4. The van der Waals surface area contributed by atoms with E-state index in [1.165, 1.54) is 4.90 Å². The molecule has 1 heterocycles. The highest BCUT2D eigenvalue weighted by Crippen LogP contribution is 2.40.